The van der Waals surface area contributed by atoms with Gasteiger partial charge in [0.15, 0.2) is 11.6 Å². The molecular formula is C14H18FN5O. The van der Waals surface area contributed by atoms with Gasteiger partial charge in [0, 0.05) is 24.2 Å². The Labute approximate surface area is 122 Å². The van der Waals surface area contributed by atoms with Crippen molar-refractivity contribution < 1.29 is 9.13 Å². The first-order valence-electron chi connectivity index (χ1n) is 6.61. The molecule has 1 aromatic heterocycles. The highest BCUT2D eigenvalue weighted by molar-refractivity contribution is 5.60. The summed E-state index contributed by atoms with van der Waals surface area (Å²) >= 11 is 0. The van der Waals surface area contributed by atoms with Crippen molar-refractivity contribution in [3.63, 3.8) is 0 Å². The Morgan fingerprint density at radius 2 is 2.00 bits per heavy atom. The number of nitrogens with one attached hydrogen (secondary N) is 2. The number of aromatic nitrogens is 2. The number of nitrogen functional groups attached to an aromatic ring is 1. The fourth-order valence-corrected chi connectivity index (χ4v) is 1.86. The lowest BCUT2D eigenvalue weighted by Crippen LogP contribution is -2.11. The van der Waals surface area contributed by atoms with Crippen molar-refractivity contribution in [1.82, 2.24) is 9.97 Å². The maximum Gasteiger partial charge on any atom is 0.167 e. The van der Waals surface area contributed by atoms with Gasteiger partial charge in [-0.15, -0.1) is 0 Å². The molecule has 4 N–H and O–H groups in total. The molecule has 0 unspecified atom stereocenters. The number of hydrogen-bond donors (Lipinski definition) is 3. The molecule has 0 aliphatic heterocycles. The van der Waals surface area contributed by atoms with E-state index in [-0.39, 0.29) is 5.75 Å². The number of anilines is 3. The van der Waals surface area contributed by atoms with Crippen LogP contribution in [0.15, 0.2) is 24.3 Å². The van der Waals surface area contributed by atoms with Gasteiger partial charge in [0.25, 0.3) is 0 Å². The number of methoxy groups -OCH3 is 1. The van der Waals surface area contributed by atoms with Crippen LogP contribution in [0.4, 0.5) is 21.7 Å². The molecule has 2 aromatic rings. The highest BCUT2D eigenvalue weighted by atomic mass is 19.1. The van der Waals surface area contributed by atoms with E-state index in [0.29, 0.717) is 23.1 Å². The average molecular weight is 291 g/mol. The molecule has 0 atom stereocenters. The monoisotopic (exact) mass is 291 g/mol. The standard InChI is InChI=1S/C14H18FN5O/c1-3-4-12-18-13(8-14(19-12)20-16)17-9-5-6-11(21-2)10(15)7-9/h5-8H,3-4,16H2,1-2H3,(H2,17,18,19,20). The van der Waals surface area contributed by atoms with Crippen LogP contribution in [0.25, 0.3) is 0 Å². The van der Waals surface area contributed by atoms with E-state index < -0.39 is 5.82 Å². The molecular weight excluding hydrogens is 273 g/mol. The van der Waals surface area contributed by atoms with E-state index in [1.807, 2.05) is 6.92 Å². The predicted molar refractivity (Wildman–Crippen MR) is 80.1 cm³/mol. The van der Waals surface area contributed by atoms with Crippen molar-refractivity contribution in [2.45, 2.75) is 19.8 Å². The van der Waals surface area contributed by atoms with E-state index in [2.05, 4.69) is 20.7 Å². The summed E-state index contributed by atoms with van der Waals surface area (Å²) in [6.07, 6.45) is 1.66. The van der Waals surface area contributed by atoms with Crippen LogP contribution in [0.1, 0.15) is 19.2 Å². The number of nitrogens with zero attached hydrogens (tertiary/aromatic N) is 2. The second-order valence-corrected chi connectivity index (χ2v) is 4.42. The number of hydrogen-bond acceptors (Lipinski definition) is 6. The quantitative estimate of drug-likeness (QED) is 0.560. The number of rotatable bonds is 6. The van der Waals surface area contributed by atoms with E-state index in [1.165, 1.54) is 13.2 Å². The molecule has 6 nitrogen and oxygen atoms in total. The van der Waals surface area contributed by atoms with Gasteiger partial charge in [-0.25, -0.2) is 20.2 Å². The Bertz CT molecular complexity index is 620. The van der Waals surface area contributed by atoms with Gasteiger partial charge in [0.1, 0.15) is 17.5 Å². The van der Waals surface area contributed by atoms with Gasteiger partial charge in [-0.2, -0.15) is 0 Å². The summed E-state index contributed by atoms with van der Waals surface area (Å²) in [6.45, 7) is 2.04. The number of aryl methyl sites for hydroxylation is 1. The lowest BCUT2D eigenvalue weighted by Gasteiger charge is -2.10. The molecule has 0 saturated carbocycles. The number of benzene rings is 1. The van der Waals surface area contributed by atoms with Crippen LogP contribution < -0.4 is 21.3 Å². The van der Waals surface area contributed by atoms with Gasteiger partial charge >= 0.3 is 0 Å². The summed E-state index contributed by atoms with van der Waals surface area (Å²) in [7, 11) is 1.42. The van der Waals surface area contributed by atoms with Crippen LogP contribution in [-0.4, -0.2) is 17.1 Å². The van der Waals surface area contributed by atoms with Crippen LogP contribution in [0, 0.1) is 5.82 Å². The Hall–Kier alpha value is -2.41. The SMILES string of the molecule is CCCc1nc(NN)cc(Nc2ccc(OC)c(F)c2)n1. The molecule has 21 heavy (non-hydrogen) atoms. The second kappa shape index (κ2) is 6.85. The van der Waals surface area contributed by atoms with Crippen LogP contribution in [0.2, 0.25) is 0 Å². The summed E-state index contributed by atoms with van der Waals surface area (Å²) in [5.41, 5.74) is 3.06. The van der Waals surface area contributed by atoms with Crippen molar-refractivity contribution in [2.75, 3.05) is 17.9 Å². The molecule has 112 valence electrons. The zero-order chi connectivity index (χ0) is 15.2. The zero-order valence-corrected chi connectivity index (χ0v) is 12.0. The van der Waals surface area contributed by atoms with Gasteiger partial charge in [-0.05, 0) is 18.6 Å². The van der Waals surface area contributed by atoms with E-state index in [4.69, 9.17) is 10.6 Å². The lowest BCUT2D eigenvalue weighted by molar-refractivity contribution is 0.386. The molecule has 0 aliphatic rings. The molecule has 7 heteroatoms. The number of ether oxygens (including phenoxy) is 1. The fourth-order valence-electron chi connectivity index (χ4n) is 1.86. The van der Waals surface area contributed by atoms with Gasteiger partial charge in [-0.1, -0.05) is 6.92 Å². The van der Waals surface area contributed by atoms with Gasteiger partial charge in [0.05, 0.1) is 7.11 Å². The van der Waals surface area contributed by atoms with Crippen molar-refractivity contribution in [3.05, 3.63) is 35.9 Å². The smallest absolute Gasteiger partial charge is 0.167 e. The first-order valence-corrected chi connectivity index (χ1v) is 6.61. The topological polar surface area (TPSA) is 85.1 Å². The molecule has 0 radical (unpaired) electrons. The third-order valence-corrected chi connectivity index (χ3v) is 2.82. The minimum absolute atomic E-state index is 0.194. The fraction of sp³-hybridized carbons (Fsp3) is 0.286. The van der Waals surface area contributed by atoms with Gasteiger partial charge in [-0.3, -0.25) is 0 Å². The second-order valence-electron chi connectivity index (χ2n) is 4.42. The Morgan fingerprint density at radius 1 is 1.24 bits per heavy atom. The normalized spacial score (nSPS) is 10.3. The Kier molecular flexibility index (Phi) is 4.89. The largest absolute Gasteiger partial charge is 0.494 e. The average Bonchev–Trinajstić information content (AvgIpc) is 2.47. The minimum atomic E-state index is -0.442. The third kappa shape index (κ3) is 3.79. The molecule has 0 fully saturated rings. The van der Waals surface area contributed by atoms with Crippen LogP contribution in [0.5, 0.6) is 5.75 Å². The van der Waals surface area contributed by atoms with E-state index in [9.17, 15) is 4.39 Å². The first-order chi connectivity index (χ1) is 10.2. The summed E-state index contributed by atoms with van der Waals surface area (Å²) in [6, 6.07) is 6.25. The Balaban J connectivity index is 2.25. The molecule has 1 heterocycles. The van der Waals surface area contributed by atoms with Crippen LogP contribution in [-0.2, 0) is 6.42 Å². The Morgan fingerprint density at radius 3 is 2.62 bits per heavy atom. The van der Waals surface area contributed by atoms with Crippen molar-refractivity contribution in [2.24, 2.45) is 5.84 Å². The van der Waals surface area contributed by atoms with E-state index in [1.54, 1.807) is 18.2 Å². The van der Waals surface area contributed by atoms with Crippen LogP contribution >= 0.6 is 0 Å². The highest BCUT2D eigenvalue weighted by Gasteiger charge is 2.07. The third-order valence-electron chi connectivity index (χ3n) is 2.82. The first kappa shape index (κ1) is 15.0. The summed E-state index contributed by atoms with van der Waals surface area (Å²) in [5.74, 6) is 6.87. The maximum atomic E-state index is 13.7. The molecule has 0 bridgehead atoms. The van der Waals surface area contributed by atoms with E-state index in [0.717, 1.165) is 12.8 Å². The number of hydrazine groups is 1. The molecule has 0 saturated heterocycles. The van der Waals surface area contributed by atoms with Gasteiger partial charge < -0.3 is 15.5 Å². The van der Waals surface area contributed by atoms with Crippen molar-refractivity contribution in [3.8, 4) is 5.75 Å². The molecule has 0 amide bonds. The molecule has 0 spiro atoms. The van der Waals surface area contributed by atoms with Crippen molar-refractivity contribution >= 4 is 17.3 Å². The number of nitrogens with two attached hydrogens (primary N) is 1. The van der Waals surface area contributed by atoms with Gasteiger partial charge in [0.2, 0.25) is 0 Å². The molecule has 2 rings (SSSR count). The van der Waals surface area contributed by atoms with E-state index >= 15 is 0 Å². The molecule has 1 aromatic carbocycles. The molecule has 0 aliphatic carbocycles. The van der Waals surface area contributed by atoms with Crippen LogP contribution in [0.3, 0.4) is 0 Å². The maximum absolute atomic E-state index is 13.7. The minimum Gasteiger partial charge on any atom is -0.494 e. The predicted octanol–water partition coefficient (Wildman–Crippen LogP) is 2.61. The zero-order valence-electron chi connectivity index (χ0n) is 12.0. The summed E-state index contributed by atoms with van der Waals surface area (Å²) < 4.78 is 18.6. The summed E-state index contributed by atoms with van der Waals surface area (Å²) in [4.78, 5) is 8.61. The van der Waals surface area contributed by atoms with Crippen molar-refractivity contribution in [1.29, 1.82) is 0 Å². The number of halogens is 1. The lowest BCUT2D eigenvalue weighted by atomic mass is 10.3. The summed E-state index contributed by atoms with van der Waals surface area (Å²) in [5, 5.41) is 3.03. The highest BCUT2D eigenvalue weighted by Crippen LogP contribution is 2.23.